The fourth-order valence-corrected chi connectivity index (χ4v) is 0.866. The number of aromatic nitrogens is 1. The van der Waals surface area contributed by atoms with Crippen molar-refractivity contribution in [2.75, 3.05) is 0 Å². The van der Waals surface area contributed by atoms with Gasteiger partial charge in [0.05, 0.1) is 6.10 Å². The summed E-state index contributed by atoms with van der Waals surface area (Å²) in [5.74, 6) is -0.560. The van der Waals surface area contributed by atoms with Gasteiger partial charge >= 0.3 is 0 Å². The Balaban J connectivity index is 2.82. The lowest BCUT2D eigenvalue weighted by Crippen LogP contribution is -2.24. The van der Waals surface area contributed by atoms with Crippen LogP contribution in [-0.2, 0) is 0 Å². The first-order valence-corrected chi connectivity index (χ1v) is 3.66. The Morgan fingerprint density at radius 3 is 2.67 bits per heavy atom. The summed E-state index contributed by atoms with van der Waals surface area (Å²) in [4.78, 5) is 3.40. The van der Waals surface area contributed by atoms with E-state index < -0.39 is 12.1 Å². The van der Waals surface area contributed by atoms with E-state index in [9.17, 15) is 9.50 Å². The van der Waals surface area contributed by atoms with Gasteiger partial charge in [-0.2, -0.15) is 4.39 Å². The molecule has 3 nitrogen and oxygen atoms in total. The molecule has 3 N–H and O–H groups in total. The molecule has 0 aromatic carbocycles. The van der Waals surface area contributed by atoms with Crippen molar-refractivity contribution in [1.82, 2.24) is 4.98 Å². The molecule has 0 saturated carbocycles. The lowest BCUT2D eigenvalue weighted by atomic mass is 10.1. The number of aliphatic hydroxyl groups is 1. The van der Waals surface area contributed by atoms with Gasteiger partial charge in [0.25, 0.3) is 0 Å². The highest BCUT2D eigenvalue weighted by Gasteiger charge is 2.12. The Hall–Kier alpha value is -1.00. The van der Waals surface area contributed by atoms with Crippen molar-refractivity contribution in [3.8, 4) is 0 Å². The van der Waals surface area contributed by atoms with Crippen LogP contribution in [0.3, 0.4) is 0 Å². The normalized spacial score (nSPS) is 15.7. The number of halogens is 1. The van der Waals surface area contributed by atoms with Gasteiger partial charge in [0.15, 0.2) is 0 Å². The molecule has 12 heavy (non-hydrogen) atoms. The molecule has 0 saturated heterocycles. The van der Waals surface area contributed by atoms with Crippen LogP contribution in [-0.4, -0.2) is 16.1 Å². The average Bonchev–Trinajstić information content (AvgIpc) is 2.04. The van der Waals surface area contributed by atoms with Crippen LogP contribution in [0.25, 0.3) is 0 Å². The zero-order valence-electron chi connectivity index (χ0n) is 6.74. The smallest absolute Gasteiger partial charge is 0.212 e. The highest BCUT2D eigenvalue weighted by Crippen LogP contribution is 2.13. The van der Waals surface area contributed by atoms with Crippen LogP contribution < -0.4 is 5.73 Å². The summed E-state index contributed by atoms with van der Waals surface area (Å²) in [5.41, 5.74) is 5.97. The van der Waals surface area contributed by atoms with E-state index >= 15 is 0 Å². The Bertz CT molecular complexity index is 248. The van der Waals surface area contributed by atoms with Crippen LogP contribution in [0.2, 0.25) is 0 Å². The monoisotopic (exact) mass is 170 g/mol. The van der Waals surface area contributed by atoms with Crippen LogP contribution in [0.4, 0.5) is 4.39 Å². The minimum absolute atomic E-state index is 0.378. The lowest BCUT2D eigenvalue weighted by Gasteiger charge is -2.13. The van der Waals surface area contributed by atoms with Crippen molar-refractivity contribution in [3.05, 3.63) is 29.8 Å². The van der Waals surface area contributed by atoms with Gasteiger partial charge in [-0.25, -0.2) is 4.98 Å². The first-order valence-electron chi connectivity index (χ1n) is 3.66. The first kappa shape index (κ1) is 9.09. The lowest BCUT2D eigenvalue weighted by molar-refractivity contribution is 0.153. The van der Waals surface area contributed by atoms with Gasteiger partial charge in [0.2, 0.25) is 5.95 Å². The Morgan fingerprint density at radius 1 is 1.58 bits per heavy atom. The van der Waals surface area contributed by atoms with Crippen molar-refractivity contribution >= 4 is 0 Å². The molecule has 1 heterocycles. The van der Waals surface area contributed by atoms with Crippen molar-refractivity contribution < 1.29 is 9.50 Å². The van der Waals surface area contributed by atoms with Gasteiger partial charge in [-0.05, 0) is 13.0 Å². The second-order valence-corrected chi connectivity index (χ2v) is 2.72. The van der Waals surface area contributed by atoms with Crippen LogP contribution in [0, 0.1) is 5.95 Å². The molecular weight excluding hydrogens is 159 g/mol. The zero-order valence-corrected chi connectivity index (χ0v) is 6.74. The summed E-state index contributed by atoms with van der Waals surface area (Å²) in [6, 6.07) is 2.29. The minimum atomic E-state index is -0.780. The second kappa shape index (κ2) is 3.60. The topological polar surface area (TPSA) is 59.1 Å². The molecule has 0 aliphatic heterocycles. The largest absolute Gasteiger partial charge is 0.387 e. The van der Waals surface area contributed by atoms with E-state index in [0.717, 1.165) is 0 Å². The van der Waals surface area contributed by atoms with Crippen LogP contribution in [0.1, 0.15) is 18.6 Å². The van der Waals surface area contributed by atoms with Gasteiger partial charge in [-0.15, -0.1) is 0 Å². The van der Waals surface area contributed by atoms with Crippen molar-refractivity contribution in [2.24, 2.45) is 5.73 Å². The van der Waals surface area contributed by atoms with Crippen LogP contribution in [0.5, 0.6) is 0 Å². The predicted molar refractivity (Wildman–Crippen MR) is 42.8 cm³/mol. The third-order valence-electron chi connectivity index (χ3n) is 1.59. The van der Waals surface area contributed by atoms with E-state index in [1.807, 2.05) is 0 Å². The maximum Gasteiger partial charge on any atom is 0.212 e. The summed E-state index contributed by atoms with van der Waals surface area (Å²) < 4.78 is 12.3. The van der Waals surface area contributed by atoms with E-state index in [4.69, 9.17) is 5.73 Å². The highest BCUT2D eigenvalue weighted by atomic mass is 19.1. The minimum Gasteiger partial charge on any atom is -0.387 e. The van der Waals surface area contributed by atoms with Gasteiger partial charge < -0.3 is 10.8 Å². The molecule has 66 valence electrons. The van der Waals surface area contributed by atoms with Gasteiger partial charge in [-0.1, -0.05) is 6.07 Å². The fraction of sp³-hybridized carbons (Fsp3) is 0.375. The third kappa shape index (κ3) is 1.99. The maximum absolute atomic E-state index is 12.3. The molecule has 0 spiro atoms. The Morgan fingerprint density at radius 2 is 2.25 bits per heavy atom. The molecule has 1 rings (SSSR count). The average molecular weight is 170 g/mol. The molecule has 2 atom stereocenters. The predicted octanol–water partition coefficient (Wildman–Crippen LogP) is 0.601. The Kier molecular flexibility index (Phi) is 2.73. The number of nitrogens with two attached hydrogens (primary N) is 1. The summed E-state index contributed by atoms with van der Waals surface area (Å²) in [5, 5.41) is 9.40. The summed E-state index contributed by atoms with van der Waals surface area (Å²) in [6.45, 7) is 1.67. The third-order valence-corrected chi connectivity index (χ3v) is 1.59. The molecular formula is C8H11FN2O. The van der Waals surface area contributed by atoms with Gasteiger partial charge in [0.1, 0.15) is 0 Å². The van der Waals surface area contributed by atoms with Crippen molar-refractivity contribution in [1.29, 1.82) is 0 Å². The molecule has 0 radical (unpaired) electrons. The van der Waals surface area contributed by atoms with Crippen LogP contribution >= 0.6 is 0 Å². The van der Waals surface area contributed by atoms with E-state index in [1.54, 1.807) is 6.92 Å². The fourth-order valence-electron chi connectivity index (χ4n) is 0.866. The summed E-state index contributed by atoms with van der Waals surface area (Å²) >= 11 is 0. The molecule has 0 fully saturated rings. The first-order chi connectivity index (χ1) is 5.61. The standard InChI is InChI=1S/C8H11FN2O/c1-5(10)8(12)6-2-3-7(9)11-4-6/h2-5,8,12H,10H2,1H3/t5-,8+/m0/s1. The van der Waals surface area contributed by atoms with Gasteiger partial charge in [0, 0.05) is 17.8 Å². The summed E-state index contributed by atoms with van der Waals surface area (Å²) in [6.07, 6.45) is 0.502. The van der Waals surface area contributed by atoms with E-state index in [2.05, 4.69) is 4.98 Å². The Labute approximate surface area is 70.0 Å². The number of rotatable bonds is 2. The van der Waals surface area contributed by atoms with Crippen molar-refractivity contribution in [3.63, 3.8) is 0 Å². The second-order valence-electron chi connectivity index (χ2n) is 2.72. The van der Waals surface area contributed by atoms with Crippen LogP contribution in [0.15, 0.2) is 18.3 Å². The van der Waals surface area contributed by atoms with Gasteiger partial charge in [-0.3, -0.25) is 0 Å². The zero-order chi connectivity index (χ0) is 9.14. The molecule has 0 unspecified atom stereocenters. The molecule has 0 bridgehead atoms. The van der Waals surface area contributed by atoms with Crippen molar-refractivity contribution in [2.45, 2.75) is 19.1 Å². The summed E-state index contributed by atoms with van der Waals surface area (Å²) in [7, 11) is 0. The molecule has 0 aliphatic rings. The number of hydrogen-bond acceptors (Lipinski definition) is 3. The quantitative estimate of drug-likeness (QED) is 0.639. The number of nitrogens with zero attached hydrogens (tertiary/aromatic N) is 1. The van der Waals surface area contributed by atoms with E-state index in [0.29, 0.717) is 5.56 Å². The molecule has 0 amide bonds. The van der Waals surface area contributed by atoms with E-state index in [1.165, 1.54) is 18.3 Å². The number of hydrogen-bond donors (Lipinski definition) is 2. The maximum atomic E-state index is 12.3. The molecule has 1 aromatic heterocycles. The molecule has 0 aliphatic carbocycles. The molecule has 4 heteroatoms. The number of pyridine rings is 1. The SMILES string of the molecule is C[C@H](N)[C@@H](O)c1ccc(F)nc1. The molecule has 1 aromatic rings. The number of aliphatic hydroxyl groups excluding tert-OH is 1. The van der Waals surface area contributed by atoms with E-state index in [-0.39, 0.29) is 6.04 Å². The highest BCUT2D eigenvalue weighted by molar-refractivity contribution is 5.13.